The minimum absolute atomic E-state index is 0.0664. The summed E-state index contributed by atoms with van der Waals surface area (Å²) in [4.78, 5) is 0.0188. The summed E-state index contributed by atoms with van der Waals surface area (Å²) in [6.07, 6.45) is 1.25. The lowest BCUT2D eigenvalue weighted by atomic mass is 10.0. The van der Waals surface area contributed by atoms with Crippen LogP contribution in [0.1, 0.15) is 50.8 Å². The van der Waals surface area contributed by atoms with Gasteiger partial charge in [0.05, 0.1) is 22.2 Å². The lowest BCUT2D eigenvalue weighted by molar-refractivity contribution is 0.284. The molecule has 0 aliphatic heterocycles. The van der Waals surface area contributed by atoms with E-state index in [0.717, 1.165) is 27.5 Å². The molecule has 0 amide bonds. The molecule has 0 saturated carbocycles. The Morgan fingerprint density at radius 2 is 1.24 bits per heavy atom. The van der Waals surface area contributed by atoms with Crippen LogP contribution in [0.5, 0.6) is 0 Å². The summed E-state index contributed by atoms with van der Waals surface area (Å²) in [6, 6.07) is 14.5. The molecule has 9 nitrogen and oxygen atoms in total. The van der Waals surface area contributed by atoms with Crippen LogP contribution in [0.15, 0.2) is 64.4 Å². The number of benzene rings is 3. The van der Waals surface area contributed by atoms with E-state index in [1.165, 1.54) is 30.7 Å². The zero-order valence-corrected chi connectivity index (χ0v) is 25.2. The van der Waals surface area contributed by atoms with Gasteiger partial charge in [0.1, 0.15) is 0 Å². The molecule has 3 rings (SSSR count). The topological polar surface area (TPSA) is 152 Å². The smallest absolute Gasteiger partial charge is 0.282 e. The van der Waals surface area contributed by atoms with Crippen LogP contribution >= 0.6 is 0 Å². The van der Waals surface area contributed by atoms with E-state index in [9.17, 15) is 25.3 Å². The third-order valence-corrected chi connectivity index (χ3v) is 7.80. The highest BCUT2D eigenvalue weighted by atomic mass is 32.3. The third kappa shape index (κ3) is 12.5. The third-order valence-electron chi connectivity index (χ3n) is 4.79. The molecule has 0 saturated heterocycles. The van der Waals surface area contributed by atoms with Gasteiger partial charge in [-0.15, -0.1) is 0 Å². The Morgan fingerprint density at radius 3 is 1.71 bits per heavy atom. The van der Waals surface area contributed by atoms with Crippen molar-refractivity contribution >= 4 is 41.1 Å². The van der Waals surface area contributed by atoms with Crippen LogP contribution in [0.4, 0.5) is 0 Å². The molecule has 0 fully saturated rings. The number of hydrogen-bond acceptors (Lipinski definition) is 7. The van der Waals surface area contributed by atoms with E-state index in [0.29, 0.717) is 0 Å². The summed E-state index contributed by atoms with van der Waals surface area (Å²) in [7, 11) is -12.3. The molecule has 0 spiro atoms. The van der Waals surface area contributed by atoms with E-state index >= 15 is 0 Å². The maximum atomic E-state index is 11.7. The van der Waals surface area contributed by atoms with Gasteiger partial charge in [-0.25, -0.2) is 12.6 Å². The van der Waals surface area contributed by atoms with E-state index in [1.807, 2.05) is 46.8 Å². The molecule has 0 radical (unpaired) electrons. The van der Waals surface area contributed by atoms with Gasteiger partial charge < -0.3 is 0 Å². The van der Waals surface area contributed by atoms with Crippen molar-refractivity contribution in [3.05, 3.63) is 71.3 Å². The fraction of sp³-hybridized carbons (Fsp3) is 0.385. The molecule has 214 valence electrons. The minimum Gasteiger partial charge on any atom is -0.282 e. The predicted molar refractivity (Wildman–Crippen MR) is 151 cm³/mol. The van der Waals surface area contributed by atoms with Crippen molar-refractivity contribution in [2.24, 2.45) is 0 Å². The molecule has 3 aromatic rings. The monoisotopic (exact) mass is 590 g/mol. The second-order valence-corrected chi connectivity index (χ2v) is 12.6. The Labute approximate surface area is 227 Å². The lowest BCUT2D eigenvalue weighted by Crippen LogP contribution is -2.15. The molecule has 0 unspecified atom stereocenters. The standard InChI is InChI=1S/C12H12O3S.C9H12O6S2.C3H8.C2H6/c1-8-3-4-10-7-11(16(13,14)15)5-6-12(10)9(8)2;1-8-2-4-9(5-3-8)16(10,11)7-6-15-17(12,13)14;1-3-2;1-2/h3-7H,1-2H3,(H,13,14,15);2-5H,6-7H2,1H3,(H,12,13,14);3H2,1-2H3;1-2H3. The highest BCUT2D eigenvalue weighted by Crippen LogP contribution is 2.24. The molecule has 38 heavy (non-hydrogen) atoms. The number of hydrogen-bond donors (Lipinski definition) is 2. The molecule has 2 N–H and O–H groups in total. The minimum atomic E-state index is -4.60. The van der Waals surface area contributed by atoms with Gasteiger partial charge in [-0.1, -0.05) is 70.0 Å². The van der Waals surface area contributed by atoms with Crippen molar-refractivity contribution in [3.63, 3.8) is 0 Å². The Hall–Kier alpha value is -2.35. The summed E-state index contributed by atoms with van der Waals surface area (Å²) < 4.78 is 87.0. The lowest BCUT2D eigenvalue weighted by Gasteiger charge is -2.06. The zero-order valence-electron chi connectivity index (χ0n) is 22.8. The van der Waals surface area contributed by atoms with Gasteiger partial charge in [-0.2, -0.15) is 16.8 Å². The summed E-state index contributed by atoms with van der Waals surface area (Å²) in [5.74, 6) is -0.518. The average molecular weight is 591 g/mol. The SMILES string of the molecule is CC.CCC.Cc1ccc(S(=O)(=O)CCOS(=O)(=O)O)cc1.Cc1ccc2cc(S(=O)(=O)O)ccc2c1C. The van der Waals surface area contributed by atoms with Gasteiger partial charge in [0.25, 0.3) is 10.1 Å². The molecular weight excluding hydrogens is 552 g/mol. The fourth-order valence-corrected chi connectivity index (χ4v) is 4.85. The summed E-state index contributed by atoms with van der Waals surface area (Å²) >= 11 is 0. The number of sulfone groups is 1. The Kier molecular flexibility index (Phi) is 14.9. The highest BCUT2D eigenvalue weighted by molar-refractivity contribution is 7.91. The molecule has 0 bridgehead atoms. The van der Waals surface area contributed by atoms with Crippen LogP contribution in [0.3, 0.4) is 0 Å². The van der Waals surface area contributed by atoms with Gasteiger partial charge in [0.15, 0.2) is 9.84 Å². The van der Waals surface area contributed by atoms with Gasteiger partial charge in [-0.05, 0) is 66.9 Å². The first-order valence-electron chi connectivity index (χ1n) is 11.9. The van der Waals surface area contributed by atoms with Gasteiger partial charge in [0.2, 0.25) is 0 Å². The molecule has 0 atom stereocenters. The van der Waals surface area contributed by atoms with Crippen LogP contribution in [0, 0.1) is 20.8 Å². The van der Waals surface area contributed by atoms with Crippen molar-refractivity contribution < 1.29 is 38.5 Å². The molecular formula is C26H38O9S3. The average Bonchev–Trinajstić information content (AvgIpc) is 2.82. The summed E-state index contributed by atoms with van der Waals surface area (Å²) in [6.45, 7) is 13.4. The van der Waals surface area contributed by atoms with E-state index in [4.69, 9.17) is 9.11 Å². The van der Waals surface area contributed by atoms with E-state index < -0.39 is 42.7 Å². The first-order chi connectivity index (χ1) is 17.5. The van der Waals surface area contributed by atoms with Gasteiger partial charge >= 0.3 is 10.4 Å². The van der Waals surface area contributed by atoms with Crippen LogP contribution in [-0.4, -0.2) is 46.7 Å². The van der Waals surface area contributed by atoms with Crippen LogP contribution in [-0.2, 0) is 34.5 Å². The Bertz CT molecular complexity index is 1480. The molecule has 0 aliphatic rings. The molecule has 0 aliphatic carbocycles. The van der Waals surface area contributed by atoms with Crippen LogP contribution in [0.25, 0.3) is 10.8 Å². The van der Waals surface area contributed by atoms with Crippen molar-refractivity contribution in [1.82, 2.24) is 0 Å². The first kappa shape index (κ1) is 35.6. The maximum Gasteiger partial charge on any atom is 0.397 e. The van der Waals surface area contributed by atoms with Gasteiger partial charge in [-0.3, -0.25) is 9.11 Å². The molecule has 0 heterocycles. The van der Waals surface area contributed by atoms with Crippen LogP contribution < -0.4 is 0 Å². The van der Waals surface area contributed by atoms with Crippen molar-refractivity contribution in [3.8, 4) is 0 Å². The normalized spacial score (nSPS) is 11.3. The number of rotatable bonds is 6. The Balaban J connectivity index is 0.000000617. The predicted octanol–water partition coefficient (Wildman–Crippen LogP) is 5.73. The maximum absolute atomic E-state index is 11.7. The fourth-order valence-electron chi connectivity index (χ4n) is 2.85. The van der Waals surface area contributed by atoms with Gasteiger partial charge in [0, 0.05) is 0 Å². The van der Waals surface area contributed by atoms with E-state index in [2.05, 4.69) is 18.0 Å². The quantitative estimate of drug-likeness (QED) is 0.343. The zero-order chi connectivity index (χ0) is 29.7. The van der Waals surface area contributed by atoms with E-state index in [1.54, 1.807) is 18.2 Å². The second kappa shape index (κ2) is 15.9. The van der Waals surface area contributed by atoms with Crippen molar-refractivity contribution in [2.45, 2.75) is 64.7 Å². The van der Waals surface area contributed by atoms with Crippen molar-refractivity contribution in [2.75, 3.05) is 12.4 Å². The summed E-state index contributed by atoms with van der Waals surface area (Å²) in [5.41, 5.74) is 3.20. The first-order valence-corrected chi connectivity index (χ1v) is 16.4. The molecule has 3 aromatic carbocycles. The van der Waals surface area contributed by atoms with E-state index in [-0.39, 0.29) is 9.79 Å². The number of fused-ring (bicyclic) bond motifs is 1. The number of aryl methyl sites for hydroxylation is 3. The molecule has 0 aromatic heterocycles. The highest BCUT2D eigenvalue weighted by Gasteiger charge is 2.16. The summed E-state index contributed by atoms with van der Waals surface area (Å²) in [5, 5.41) is 1.82. The second-order valence-electron chi connectivity index (χ2n) is 7.95. The Morgan fingerprint density at radius 1 is 0.737 bits per heavy atom. The largest absolute Gasteiger partial charge is 0.397 e. The molecule has 12 heteroatoms. The van der Waals surface area contributed by atoms with Crippen molar-refractivity contribution in [1.29, 1.82) is 0 Å². The van der Waals surface area contributed by atoms with Crippen LogP contribution in [0.2, 0.25) is 0 Å².